The molecule has 0 amide bonds. The van der Waals surface area contributed by atoms with Gasteiger partial charge < -0.3 is 50.7 Å². The fraction of sp³-hybridized carbons (Fsp3) is 0.510. The molecule has 2 aromatic rings. The molecule has 63 heavy (non-hydrogen) atoms. The molecule has 14 unspecified atom stereocenters. The molecule has 14 heteroatoms. The first kappa shape index (κ1) is 39.5. The number of hydrogen-bond donors (Lipinski definition) is 8. The molecule has 8 aliphatic carbocycles. The molecule has 14 aliphatic rings. The van der Waals surface area contributed by atoms with E-state index >= 15 is 9.59 Å². The Morgan fingerprint density at radius 3 is 2.68 bits per heavy atom. The van der Waals surface area contributed by atoms with E-state index in [1.807, 2.05) is 24.3 Å². The van der Waals surface area contributed by atoms with Crippen LogP contribution >= 0.6 is 21.6 Å². The maximum atomic E-state index is 15.5. The number of allylic oxidation sites excluding steroid dienone is 7. The summed E-state index contributed by atoms with van der Waals surface area (Å²) in [5, 5.41) is 79.9. The van der Waals surface area contributed by atoms with E-state index in [9.17, 15) is 30.6 Å². The zero-order valence-electron chi connectivity index (χ0n) is 34.5. The topological polar surface area (TPSA) is 198 Å². The minimum atomic E-state index is -2.20. The smallest absolute Gasteiger partial charge is 0.229 e. The zero-order valence-corrected chi connectivity index (χ0v) is 36.1. The van der Waals surface area contributed by atoms with Crippen molar-refractivity contribution in [3.8, 4) is 5.75 Å². The van der Waals surface area contributed by atoms with Crippen LogP contribution in [-0.4, -0.2) is 96.2 Å². The van der Waals surface area contributed by atoms with Gasteiger partial charge in [0.15, 0.2) is 11.6 Å². The van der Waals surface area contributed by atoms with Gasteiger partial charge in [-0.2, -0.15) is 0 Å². The lowest BCUT2D eigenvalue weighted by atomic mass is 9.43. The molecule has 2 aromatic carbocycles. The number of Topliss-reactive ketones (excluding diaryl/α,β-unsaturated/α-hetero) is 2. The zero-order chi connectivity index (χ0) is 42.9. The molecule has 6 heterocycles. The van der Waals surface area contributed by atoms with E-state index in [1.165, 1.54) is 33.6 Å². The first-order valence-electron chi connectivity index (χ1n) is 22.5. The highest BCUT2D eigenvalue weighted by atomic mass is 33.1. The first-order chi connectivity index (χ1) is 30.5. The molecule has 328 valence electrons. The van der Waals surface area contributed by atoms with Gasteiger partial charge in [0, 0.05) is 41.2 Å². The van der Waals surface area contributed by atoms with E-state index in [4.69, 9.17) is 9.47 Å². The molecule has 14 atom stereocenters. The van der Waals surface area contributed by atoms with Crippen LogP contribution in [0.3, 0.4) is 0 Å². The standard InChI is InChI=1S/C49H50N2O10S2/c52-19-23-4-1-3-22(9-23)10-24-11-32-39(55)30-5-2-6-33-37(30)41(56)47(32,34(54)12-24)21-62-63-35-16-26-15-29-8-7-28-14-25-13-27-17-46(20-53)45(58)49(59,42(57)44(60-33)61-46)40(27)48(28,29)38-31(25)18-50-43(51-35)36(26)38/h1-6,9,11-12,15,25,27-29,32,35,40,42,44-45,50-54,57-59H,7-8,10,13-14,16-21H2. The fourth-order valence-corrected chi connectivity index (χ4v) is 18.1. The highest BCUT2D eigenvalue weighted by Gasteiger charge is 2.78. The van der Waals surface area contributed by atoms with E-state index < -0.39 is 64.8 Å². The van der Waals surface area contributed by atoms with E-state index in [0.29, 0.717) is 25.0 Å². The van der Waals surface area contributed by atoms with Gasteiger partial charge >= 0.3 is 0 Å². The third kappa shape index (κ3) is 4.86. The highest BCUT2D eigenvalue weighted by molar-refractivity contribution is 8.76. The van der Waals surface area contributed by atoms with Crippen LogP contribution < -0.4 is 15.4 Å². The van der Waals surface area contributed by atoms with Crippen molar-refractivity contribution in [1.29, 1.82) is 0 Å². The molecule has 12 nitrogen and oxygen atoms in total. The average Bonchev–Trinajstić information content (AvgIpc) is 3.50. The maximum absolute atomic E-state index is 15.5. The van der Waals surface area contributed by atoms with Crippen LogP contribution in [-0.2, 0) is 17.8 Å². The van der Waals surface area contributed by atoms with Crippen molar-refractivity contribution in [2.45, 2.75) is 86.6 Å². The Labute approximate surface area is 372 Å². The molecular weight excluding hydrogens is 841 g/mol. The third-order valence-electron chi connectivity index (χ3n) is 17.5. The number of carbonyl (C=O) groups is 2. The lowest BCUT2D eigenvalue weighted by Crippen LogP contribution is -2.81. The minimum Gasteiger partial charge on any atom is -0.511 e. The van der Waals surface area contributed by atoms with E-state index in [1.54, 1.807) is 35.1 Å². The summed E-state index contributed by atoms with van der Waals surface area (Å²) in [5.41, 5.74) is 1.12. The number of ether oxygens (including phenoxy) is 2. The van der Waals surface area contributed by atoms with Crippen LogP contribution in [0.5, 0.6) is 5.75 Å². The highest BCUT2D eigenvalue weighted by Crippen LogP contribution is 2.76. The maximum Gasteiger partial charge on any atom is 0.229 e. The number of carbonyl (C=O) groups excluding carboxylic acids is 2. The molecular formula is C49H50N2O10S2. The molecule has 1 saturated heterocycles. The molecule has 6 aliphatic heterocycles. The van der Waals surface area contributed by atoms with Gasteiger partial charge in [-0.05, 0) is 108 Å². The molecule has 8 N–H and O–H groups in total. The van der Waals surface area contributed by atoms with Crippen LogP contribution in [0.2, 0.25) is 0 Å². The Morgan fingerprint density at radius 2 is 1.84 bits per heavy atom. The Kier molecular flexibility index (Phi) is 8.39. The van der Waals surface area contributed by atoms with Gasteiger partial charge in [-0.1, -0.05) is 70.1 Å². The van der Waals surface area contributed by atoms with E-state index in [0.717, 1.165) is 48.2 Å². The van der Waals surface area contributed by atoms with Gasteiger partial charge in [0.05, 0.1) is 30.1 Å². The molecule has 0 aromatic heterocycles. The van der Waals surface area contributed by atoms with Crippen molar-refractivity contribution in [3.05, 3.63) is 122 Å². The van der Waals surface area contributed by atoms with Gasteiger partial charge in [-0.25, -0.2) is 0 Å². The second kappa shape index (κ2) is 13.4. The molecule has 4 fully saturated rings. The number of hydrogen-bond acceptors (Lipinski definition) is 14. The predicted molar refractivity (Wildman–Crippen MR) is 233 cm³/mol. The van der Waals surface area contributed by atoms with Crippen LogP contribution in [0, 0.1) is 46.3 Å². The van der Waals surface area contributed by atoms with Gasteiger partial charge in [0.25, 0.3) is 0 Å². The fourth-order valence-electron chi connectivity index (χ4n) is 15.2. The monoisotopic (exact) mass is 890 g/mol. The lowest BCUT2D eigenvalue weighted by molar-refractivity contribution is -0.393. The quantitative estimate of drug-likeness (QED) is 0.199. The average molecular weight is 891 g/mol. The van der Waals surface area contributed by atoms with Gasteiger partial charge in [-0.15, -0.1) is 0 Å². The summed E-state index contributed by atoms with van der Waals surface area (Å²) in [6.45, 7) is -0.131. The second-order valence-electron chi connectivity index (χ2n) is 20.1. The van der Waals surface area contributed by atoms with Crippen molar-refractivity contribution in [3.63, 3.8) is 0 Å². The van der Waals surface area contributed by atoms with Crippen molar-refractivity contribution >= 4 is 33.2 Å². The first-order valence-corrected chi connectivity index (χ1v) is 24.9. The molecule has 2 spiro atoms. The predicted octanol–water partition coefficient (Wildman–Crippen LogP) is 4.54. The van der Waals surface area contributed by atoms with E-state index in [2.05, 4.69) is 16.7 Å². The van der Waals surface area contributed by atoms with Crippen LogP contribution in [0.15, 0.2) is 100 Å². The van der Waals surface area contributed by atoms with Crippen molar-refractivity contribution in [2.75, 3.05) is 18.9 Å². The summed E-state index contributed by atoms with van der Waals surface area (Å²) in [6, 6.07) is 12.2. The van der Waals surface area contributed by atoms with Crippen molar-refractivity contribution < 1.29 is 49.7 Å². The summed E-state index contributed by atoms with van der Waals surface area (Å²) in [5.74, 6) is -1.60. The lowest BCUT2D eigenvalue weighted by Gasteiger charge is -2.67. The number of fused-ring (bicyclic) bond motifs is 1. The number of dihydropyridines is 1. The molecule has 13 bridgehead atoms. The molecule has 16 rings (SSSR count). The van der Waals surface area contributed by atoms with Crippen LogP contribution in [0.1, 0.15) is 70.4 Å². The number of benzene rings is 2. The Hall–Kier alpha value is -3.86. The van der Waals surface area contributed by atoms with Gasteiger partial charge in [0.2, 0.25) is 6.29 Å². The molecule has 0 radical (unpaired) electrons. The number of nitrogens with one attached hydrogen (secondary N) is 2. The number of ketones is 2. The second-order valence-corrected chi connectivity index (χ2v) is 22.7. The largest absolute Gasteiger partial charge is 0.511 e. The van der Waals surface area contributed by atoms with Crippen LogP contribution in [0.4, 0.5) is 0 Å². The minimum absolute atomic E-state index is 0.0534. The summed E-state index contributed by atoms with van der Waals surface area (Å²) in [6.07, 6.45) is 5.53. The summed E-state index contributed by atoms with van der Waals surface area (Å²) in [7, 11) is 3.04. The Morgan fingerprint density at radius 1 is 1.00 bits per heavy atom. The van der Waals surface area contributed by atoms with Crippen LogP contribution in [0.25, 0.3) is 0 Å². The van der Waals surface area contributed by atoms with Crippen molar-refractivity contribution in [1.82, 2.24) is 10.6 Å². The Bertz CT molecular complexity index is 2610. The summed E-state index contributed by atoms with van der Waals surface area (Å²) < 4.78 is 13.2. The summed E-state index contributed by atoms with van der Waals surface area (Å²) in [4.78, 5) is 30.6. The van der Waals surface area contributed by atoms with E-state index in [-0.39, 0.29) is 76.2 Å². The summed E-state index contributed by atoms with van der Waals surface area (Å²) >= 11 is 0. The van der Waals surface area contributed by atoms with Crippen molar-refractivity contribution in [2.24, 2.45) is 46.3 Å². The van der Waals surface area contributed by atoms with Gasteiger partial charge in [0.1, 0.15) is 46.2 Å². The number of aliphatic hydroxyl groups excluding tert-OH is 5. The third-order valence-corrected chi connectivity index (χ3v) is 20.2. The normalized spacial score (nSPS) is 43.4. The SMILES string of the molecule is O=C1c2cccc3c2C(=O)C2(CSSC4CC5=CC6CCC7CC8CC9CC%10(CO)OC(O3)C(O)C(O)(C%10O)C9C67C3=C8CNC(=C53)N4)C(O)=CC(Cc3cccc(CO)c3)=CC12. The van der Waals surface area contributed by atoms with Gasteiger partial charge in [-0.3, -0.25) is 9.59 Å². The number of aliphatic hydroxyl groups is 6. The molecule has 3 saturated carbocycles. The number of rotatable bonds is 4. The Balaban J connectivity index is 0.997.